The first-order valence-electron chi connectivity index (χ1n) is 5.17. The molecule has 106 valence electrons. The number of rotatable bonds is 6. The van der Waals surface area contributed by atoms with Gasteiger partial charge in [0, 0.05) is 19.6 Å². The van der Waals surface area contributed by atoms with Crippen molar-refractivity contribution in [3.63, 3.8) is 0 Å². The maximum Gasteiger partial charge on any atom is 0.406 e. The van der Waals surface area contributed by atoms with Gasteiger partial charge in [-0.05, 0) is 6.92 Å². The van der Waals surface area contributed by atoms with Crippen LogP contribution in [0.5, 0.6) is 0 Å². The van der Waals surface area contributed by atoms with E-state index in [4.69, 9.17) is 10.2 Å². The first-order chi connectivity index (χ1) is 8.21. The summed E-state index contributed by atoms with van der Waals surface area (Å²) in [6, 6.07) is -2.54. The second-order valence-corrected chi connectivity index (χ2v) is 3.48. The SMILES string of the molecule is CCN(CC(F)(F)F)C(=O)N[C@@H](CCO)C(=O)O. The van der Waals surface area contributed by atoms with Gasteiger partial charge in [-0.1, -0.05) is 0 Å². The third-order valence-electron chi connectivity index (χ3n) is 2.05. The van der Waals surface area contributed by atoms with E-state index < -0.39 is 37.4 Å². The molecule has 0 radical (unpaired) electrons. The van der Waals surface area contributed by atoms with Gasteiger partial charge in [0.25, 0.3) is 0 Å². The van der Waals surface area contributed by atoms with Crippen molar-refractivity contribution in [1.82, 2.24) is 10.2 Å². The zero-order valence-corrected chi connectivity index (χ0v) is 9.70. The number of carbonyl (C=O) groups is 2. The minimum absolute atomic E-state index is 0.212. The number of hydrogen-bond donors (Lipinski definition) is 3. The summed E-state index contributed by atoms with van der Waals surface area (Å²) >= 11 is 0. The number of aliphatic hydroxyl groups is 1. The lowest BCUT2D eigenvalue weighted by atomic mass is 10.2. The van der Waals surface area contributed by atoms with Crippen molar-refractivity contribution in [2.75, 3.05) is 19.7 Å². The highest BCUT2D eigenvalue weighted by Crippen LogP contribution is 2.16. The molecule has 3 N–H and O–H groups in total. The van der Waals surface area contributed by atoms with Crippen LogP contribution in [0.2, 0.25) is 0 Å². The van der Waals surface area contributed by atoms with E-state index in [0.29, 0.717) is 4.90 Å². The van der Waals surface area contributed by atoms with E-state index in [0.717, 1.165) is 0 Å². The summed E-state index contributed by atoms with van der Waals surface area (Å²) in [5, 5.41) is 19.2. The molecule has 0 spiro atoms. The molecule has 0 aliphatic carbocycles. The Labute approximate surface area is 101 Å². The standard InChI is InChI=1S/C9H15F3N2O4/c1-2-14(5-9(10,11)12)8(18)13-6(3-4-15)7(16)17/h6,15H,2-5H2,1H3,(H,13,18)(H,16,17)/t6-/m0/s1. The van der Waals surface area contributed by atoms with E-state index in [1.54, 1.807) is 0 Å². The molecule has 0 aromatic carbocycles. The summed E-state index contributed by atoms with van der Waals surface area (Å²) in [4.78, 5) is 22.5. The average molecular weight is 272 g/mol. The van der Waals surface area contributed by atoms with Crippen molar-refractivity contribution in [2.45, 2.75) is 25.6 Å². The van der Waals surface area contributed by atoms with E-state index in [2.05, 4.69) is 0 Å². The summed E-state index contributed by atoms with van der Waals surface area (Å²) in [6.07, 6.45) is -4.83. The molecule has 9 heteroatoms. The number of carboxylic acids is 1. The normalized spacial score (nSPS) is 12.9. The number of carboxylic acid groups (broad SMARTS) is 1. The van der Waals surface area contributed by atoms with E-state index in [1.807, 2.05) is 5.32 Å². The maximum atomic E-state index is 12.1. The van der Waals surface area contributed by atoms with Crippen LogP contribution in [-0.4, -0.2) is 59.0 Å². The molecular weight excluding hydrogens is 257 g/mol. The molecule has 0 bridgehead atoms. The number of urea groups is 1. The van der Waals surface area contributed by atoms with Crippen molar-refractivity contribution in [2.24, 2.45) is 0 Å². The van der Waals surface area contributed by atoms with Crippen LogP contribution in [0, 0.1) is 0 Å². The highest BCUT2D eigenvalue weighted by atomic mass is 19.4. The molecule has 0 aromatic heterocycles. The molecule has 1 atom stereocenters. The number of alkyl halides is 3. The molecule has 0 rings (SSSR count). The Morgan fingerprint density at radius 3 is 2.28 bits per heavy atom. The molecule has 0 saturated heterocycles. The Kier molecular flexibility index (Phi) is 6.45. The van der Waals surface area contributed by atoms with Crippen LogP contribution in [0.1, 0.15) is 13.3 Å². The van der Waals surface area contributed by atoms with Gasteiger partial charge in [0.15, 0.2) is 0 Å². The smallest absolute Gasteiger partial charge is 0.406 e. The number of carbonyl (C=O) groups excluding carboxylic acids is 1. The first kappa shape index (κ1) is 16.5. The Bertz CT molecular complexity index is 296. The molecule has 0 unspecified atom stereocenters. The molecule has 0 aromatic rings. The molecule has 0 heterocycles. The largest absolute Gasteiger partial charge is 0.480 e. The Hall–Kier alpha value is -1.51. The van der Waals surface area contributed by atoms with Crippen LogP contribution in [0.3, 0.4) is 0 Å². The highest BCUT2D eigenvalue weighted by molar-refractivity contribution is 5.82. The highest BCUT2D eigenvalue weighted by Gasteiger charge is 2.33. The number of nitrogens with zero attached hydrogens (tertiary/aromatic N) is 1. The summed E-state index contributed by atoms with van der Waals surface area (Å²) in [5.41, 5.74) is 0. The van der Waals surface area contributed by atoms with Gasteiger partial charge in [0.1, 0.15) is 12.6 Å². The molecule has 18 heavy (non-hydrogen) atoms. The fourth-order valence-electron chi connectivity index (χ4n) is 1.17. The number of aliphatic carboxylic acids is 1. The fraction of sp³-hybridized carbons (Fsp3) is 0.778. The van der Waals surface area contributed by atoms with Crippen molar-refractivity contribution >= 4 is 12.0 Å². The second-order valence-electron chi connectivity index (χ2n) is 3.48. The van der Waals surface area contributed by atoms with E-state index in [-0.39, 0.29) is 13.0 Å². The molecule has 6 nitrogen and oxygen atoms in total. The van der Waals surface area contributed by atoms with Crippen LogP contribution < -0.4 is 5.32 Å². The molecule has 2 amide bonds. The van der Waals surface area contributed by atoms with E-state index in [1.165, 1.54) is 6.92 Å². The van der Waals surface area contributed by atoms with Gasteiger partial charge in [-0.3, -0.25) is 0 Å². The zero-order chi connectivity index (χ0) is 14.3. The predicted molar refractivity (Wildman–Crippen MR) is 55.0 cm³/mol. The van der Waals surface area contributed by atoms with Crippen LogP contribution in [-0.2, 0) is 4.79 Å². The van der Waals surface area contributed by atoms with Gasteiger partial charge in [-0.25, -0.2) is 9.59 Å². The van der Waals surface area contributed by atoms with Crippen molar-refractivity contribution in [3.05, 3.63) is 0 Å². The molecule has 0 aliphatic heterocycles. The van der Waals surface area contributed by atoms with Gasteiger partial charge < -0.3 is 20.4 Å². The fourth-order valence-corrected chi connectivity index (χ4v) is 1.17. The van der Waals surface area contributed by atoms with Gasteiger partial charge in [-0.15, -0.1) is 0 Å². The monoisotopic (exact) mass is 272 g/mol. The van der Waals surface area contributed by atoms with Crippen molar-refractivity contribution in [3.8, 4) is 0 Å². The van der Waals surface area contributed by atoms with Crippen molar-refractivity contribution in [1.29, 1.82) is 0 Å². The number of halogens is 3. The zero-order valence-electron chi connectivity index (χ0n) is 9.70. The van der Waals surface area contributed by atoms with E-state index >= 15 is 0 Å². The van der Waals surface area contributed by atoms with Crippen LogP contribution in [0.15, 0.2) is 0 Å². The van der Waals surface area contributed by atoms with Crippen LogP contribution in [0.25, 0.3) is 0 Å². The number of nitrogens with one attached hydrogen (secondary N) is 1. The van der Waals surface area contributed by atoms with Gasteiger partial charge >= 0.3 is 18.2 Å². The summed E-state index contributed by atoms with van der Waals surface area (Å²) in [7, 11) is 0. The molecular formula is C9H15F3N2O4. The Morgan fingerprint density at radius 1 is 1.39 bits per heavy atom. The lowest BCUT2D eigenvalue weighted by molar-refractivity contribution is -0.141. The quantitative estimate of drug-likeness (QED) is 0.653. The van der Waals surface area contributed by atoms with Crippen LogP contribution in [0.4, 0.5) is 18.0 Å². The minimum Gasteiger partial charge on any atom is -0.480 e. The first-order valence-corrected chi connectivity index (χ1v) is 5.17. The molecule has 0 aliphatic rings. The van der Waals surface area contributed by atoms with Gasteiger partial charge in [0.2, 0.25) is 0 Å². The van der Waals surface area contributed by atoms with E-state index in [9.17, 15) is 22.8 Å². The third kappa shape index (κ3) is 6.28. The summed E-state index contributed by atoms with van der Waals surface area (Å²) < 4.78 is 36.4. The summed E-state index contributed by atoms with van der Waals surface area (Å²) in [5.74, 6) is -1.42. The van der Waals surface area contributed by atoms with Gasteiger partial charge in [0.05, 0.1) is 0 Å². The molecule has 0 fully saturated rings. The average Bonchev–Trinajstić information content (AvgIpc) is 2.23. The third-order valence-corrected chi connectivity index (χ3v) is 2.05. The molecule has 0 saturated carbocycles. The lowest BCUT2D eigenvalue weighted by Crippen LogP contribution is -2.50. The van der Waals surface area contributed by atoms with Crippen LogP contribution >= 0.6 is 0 Å². The Morgan fingerprint density at radius 2 is 1.94 bits per heavy atom. The maximum absolute atomic E-state index is 12.1. The topological polar surface area (TPSA) is 89.9 Å². The number of hydrogen-bond acceptors (Lipinski definition) is 3. The van der Waals surface area contributed by atoms with Crippen molar-refractivity contribution < 1.29 is 33.0 Å². The lowest BCUT2D eigenvalue weighted by Gasteiger charge is -2.24. The number of aliphatic hydroxyl groups excluding tert-OH is 1. The Balaban J connectivity index is 4.55. The summed E-state index contributed by atoms with van der Waals surface area (Å²) in [6.45, 7) is -0.826. The second kappa shape index (κ2) is 7.04. The predicted octanol–water partition coefficient (Wildman–Crippen LogP) is 0.416. The number of amides is 2. The minimum atomic E-state index is -4.55. The van der Waals surface area contributed by atoms with Gasteiger partial charge in [-0.2, -0.15) is 13.2 Å².